The van der Waals surface area contributed by atoms with Gasteiger partial charge in [-0.05, 0) is 29.9 Å². The number of nitriles is 1. The quantitative estimate of drug-likeness (QED) is 0.394. The Morgan fingerprint density at radius 2 is 1.93 bits per heavy atom. The van der Waals surface area contributed by atoms with E-state index in [1.807, 2.05) is 57.2 Å². The van der Waals surface area contributed by atoms with Crippen molar-refractivity contribution < 1.29 is 14.3 Å². The van der Waals surface area contributed by atoms with Crippen LogP contribution >= 0.6 is 11.3 Å². The molecule has 0 radical (unpaired) electrons. The van der Waals surface area contributed by atoms with E-state index in [1.54, 1.807) is 12.1 Å². The summed E-state index contributed by atoms with van der Waals surface area (Å²) >= 11 is 1.32. The highest BCUT2D eigenvalue weighted by Gasteiger charge is 2.21. The third-order valence-corrected chi connectivity index (χ3v) is 5.71. The molecule has 0 bridgehead atoms. The van der Waals surface area contributed by atoms with Gasteiger partial charge >= 0.3 is 5.97 Å². The first-order chi connectivity index (χ1) is 13.4. The fourth-order valence-corrected chi connectivity index (χ4v) is 3.67. The second kappa shape index (κ2) is 9.86. The first-order valence-corrected chi connectivity index (χ1v) is 9.87. The summed E-state index contributed by atoms with van der Waals surface area (Å²) in [5.41, 5.74) is 1.47. The summed E-state index contributed by atoms with van der Waals surface area (Å²) in [7, 11) is 1.30. The minimum absolute atomic E-state index is 0.0260. The fourth-order valence-electron chi connectivity index (χ4n) is 2.62. The third kappa shape index (κ3) is 5.30. The Bertz CT molecular complexity index is 908. The zero-order valence-electron chi connectivity index (χ0n) is 16.5. The van der Waals surface area contributed by atoms with Crippen molar-refractivity contribution in [2.24, 2.45) is 0 Å². The summed E-state index contributed by atoms with van der Waals surface area (Å²) in [6.07, 6.45) is 2.20. The molecule has 0 aliphatic heterocycles. The van der Waals surface area contributed by atoms with E-state index >= 15 is 0 Å². The molecule has 0 aliphatic carbocycles. The zero-order valence-corrected chi connectivity index (χ0v) is 17.3. The minimum atomic E-state index is -0.523. The first-order valence-electron chi connectivity index (χ1n) is 9.06. The molecule has 5 nitrogen and oxygen atoms in total. The van der Waals surface area contributed by atoms with Crippen molar-refractivity contribution in [3.63, 3.8) is 0 Å². The maximum Gasteiger partial charge on any atom is 0.340 e. The van der Waals surface area contributed by atoms with Gasteiger partial charge in [0.15, 0.2) is 0 Å². The van der Waals surface area contributed by atoms with Crippen LogP contribution in [0.2, 0.25) is 0 Å². The number of methoxy groups -OCH3 is 1. The number of benzene rings is 1. The maximum absolute atomic E-state index is 12.6. The van der Waals surface area contributed by atoms with Crippen LogP contribution in [0.4, 0.5) is 5.00 Å². The molecular weight excluding hydrogens is 372 g/mol. The van der Waals surface area contributed by atoms with Crippen LogP contribution in [0.25, 0.3) is 0 Å². The molecule has 1 aromatic heterocycles. The number of thiophene rings is 1. The molecule has 0 saturated heterocycles. The summed E-state index contributed by atoms with van der Waals surface area (Å²) in [4.78, 5) is 25.6. The Hall–Kier alpha value is -2.91. The largest absolute Gasteiger partial charge is 0.465 e. The van der Waals surface area contributed by atoms with Crippen molar-refractivity contribution in [2.75, 3.05) is 12.4 Å². The normalized spacial score (nSPS) is 12.4. The molecule has 1 atom stereocenters. The fraction of sp³-hybridized carbons (Fsp3) is 0.318. The number of allylic oxidation sites excluding steroid dienone is 1. The Morgan fingerprint density at radius 1 is 1.25 bits per heavy atom. The number of esters is 1. The van der Waals surface area contributed by atoms with Crippen molar-refractivity contribution in [1.29, 1.82) is 5.26 Å². The van der Waals surface area contributed by atoms with E-state index in [-0.39, 0.29) is 17.4 Å². The van der Waals surface area contributed by atoms with Crippen LogP contribution in [0, 0.1) is 11.3 Å². The van der Waals surface area contributed by atoms with Crippen molar-refractivity contribution in [1.82, 2.24) is 0 Å². The number of anilines is 1. The summed E-state index contributed by atoms with van der Waals surface area (Å²) in [5, 5.41) is 12.5. The van der Waals surface area contributed by atoms with E-state index in [0.717, 1.165) is 10.4 Å². The van der Waals surface area contributed by atoms with E-state index < -0.39 is 11.9 Å². The molecule has 0 spiro atoms. The van der Waals surface area contributed by atoms with Crippen molar-refractivity contribution in [2.45, 2.75) is 39.0 Å². The van der Waals surface area contributed by atoms with Gasteiger partial charge in [0.25, 0.3) is 5.91 Å². The van der Waals surface area contributed by atoms with Crippen LogP contribution in [0.1, 0.15) is 59.8 Å². The predicted octanol–water partition coefficient (Wildman–Crippen LogP) is 5.24. The number of hydrogen-bond acceptors (Lipinski definition) is 5. The van der Waals surface area contributed by atoms with E-state index in [1.165, 1.54) is 18.4 Å². The minimum Gasteiger partial charge on any atom is -0.465 e. The van der Waals surface area contributed by atoms with Gasteiger partial charge in [-0.15, -0.1) is 11.3 Å². The highest BCUT2D eigenvalue weighted by atomic mass is 32.1. The van der Waals surface area contributed by atoms with Crippen LogP contribution in [0.3, 0.4) is 0 Å². The molecule has 1 amide bonds. The molecule has 0 fully saturated rings. The van der Waals surface area contributed by atoms with Crippen molar-refractivity contribution >= 4 is 28.2 Å². The van der Waals surface area contributed by atoms with Gasteiger partial charge in [-0.2, -0.15) is 5.26 Å². The van der Waals surface area contributed by atoms with Crippen LogP contribution in [0.15, 0.2) is 48.0 Å². The van der Waals surface area contributed by atoms with Crippen LogP contribution in [-0.2, 0) is 9.53 Å². The van der Waals surface area contributed by atoms with Gasteiger partial charge in [-0.3, -0.25) is 4.79 Å². The topological polar surface area (TPSA) is 79.2 Å². The number of hydrogen-bond donors (Lipinski definition) is 1. The van der Waals surface area contributed by atoms with Gasteiger partial charge < -0.3 is 10.1 Å². The SMILES string of the molecule is COC(=O)c1cc(C(C)C)sc1NC(=O)/C(C#N)=C/C[C@H](C)c1ccccc1. The zero-order chi connectivity index (χ0) is 20.7. The lowest BCUT2D eigenvalue weighted by atomic mass is 9.97. The summed E-state index contributed by atoms with van der Waals surface area (Å²) < 4.78 is 4.80. The van der Waals surface area contributed by atoms with Gasteiger partial charge in [0.2, 0.25) is 0 Å². The van der Waals surface area contributed by atoms with Crippen LogP contribution < -0.4 is 5.32 Å². The lowest BCUT2D eigenvalue weighted by molar-refractivity contribution is -0.112. The number of amides is 1. The summed E-state index contributed by atoms with van der Waals surface area (Å²) in [5.74, 6) is -0.655. The lowest BCUT2D eigenvalue weighted by Gasteiger charge is -2.09. The average Bonchev–Trinajstić information content (AvgIpc) is 3.12. The van der Waals surface area contributed by atoms with Crippen molar-refractivity contribution in [3.8, 4) is 6.07 Å². The molecule has 0 aliphatic rings. The molecule has 0 unspecified atom stereocenters. The van der Waals surface area contributed by atoms with Gasteiger partial charge in [-0.1, -0.05) is 57.2 Å². The summed E-state index contributed by atoms with van der Waals surface area (Å²) in [6, 6.07) is 13.6. The maximum atomic E-state index is 12.6. The molecule has 1 heterocycles. The second-order valence-electron chi connectivity index (χ2n) is 6.77. The highest BCUT2D eigenvalue weighted by molar-refractivity contribution is 7.16. The Kier molecular flexibility index (Phi) is 7.53. The highest BCUT2D eigenvalue weighted by Crippen LogP contribution is 2.33. The first kappa shape index (κ1) is 21.4. The van der Waals surface area contributed by atoms with Crippen LogP contribution in [-0.4, -0.2) is 19.0 Å². The molecule has 6 heteroatoms. The molecule has 2 aromatic rings. The molecule has 1 N–H and O–H groups in total. The van der Waals surface area contributed by atoms with E-state index in [0.29, 0.717) is 17.0 Å². The molecule has 1 aromatic carbocycles. The number of ether oxygens (including phenoxy) is 1. The number of rotatable bonds is 7. The molecule has 146 valence electrons. The second-order valence-corrected chi connectivity index (χ2v) is 7.85. The number of carbonyl (C=O) groups is 2. The number of carbonyl (C=O) groups excluding carboxylic acids is 2. The monoisotopic (exact) mass is 396 g/mol. The Balaban J connectivity index is 2.18. The third-order valence-electron chi connectivity index (χ3n) is 4.36. The van der Waals surface area contributed by atoms with E-state index in [9.17, 15) is 14.9 Å². The molecular formula is C22H24N2O3S. The lowest BCUT2D eigenvalue weighted by Crippen LogP contribution is -2.15. The predicted molar refractivity (Wildman–Crippen MR) is 112 cm³/mol. The number of nitrogens with one attached hydrogen (secondary N) is 1. The van der Waals surface area contributed by atoms with Gasteiger partial charge in [-0.25, -0.2) is 4.79 Å². The van der Waals surface area contributed by atoms with Crippen molar-refractivity contribution in [3.05, 3.63) is 64.1 Å². The molecule has 0 saturated carbocycles. The van der Waals surface area contributed by atoms with E-state index in [4.69, 9.17) is 4.74 Å². The van der Waals surface area contributed by atoms with Gasteiger partial charge in [0.05, 0.1) is 12.7 Å². The molecule has 28 heavy (non-hydrogen) atoms. The standard InChI is InChI=1S/C22H24N2O3S/c1-14(2)19-12-18(22(26)27-4)21(28-19)24-20(25)17(13-23)11-10-15(3)16-8-6-5-7-9-16/h5-9,11-12,14-15H,10H2,1-4H3,(H,24,25)/b17-11+/t15-/m0/s1. The van der Waals surface area contributed by atoms with Gasteiger partial charge in [0, 0.05) is 4.88 Å². The summed E-state index contributed by atoms with van der Waals surface area (Å²) in [6.45, 7) is 6.05. The average molecular weight is 397 g/mol. The smallest absolute Gasteiger partial charge is 0.340 e. The number of nitrogens with zero attached hydrogens (tertiary/aromatic N) is 1. The van der Waals surface area contributed by atoms with Gasteiger partial charge in [0.1, 0.15) is 16.6 Å². The Morgan fingerprint density at radius 3 is 2.50 bits per heavy atom. The van der Waals surface area contributed by atoms with Crippen LogP contribution in [0.5, 0.6) is 0 Å². The van der Waals surface area contributed by atoms with E-state index in [2.05, 4.69) is 5.32 Å². The molecule has 2 rings (SSSR count). The Labute approximate surface area is 169 Å².